The zero-order valence-electron chi connectivity index (χ0n) is 12.4. The zero-order chi connectivity index (χ0) is 13.0. The lowest BCUT2D eigenvalue weighted by Crippen LogP contribution is -2.40. The minimum Gasteiger partial charge on any atom is -0.381 e. The molecule has 19 heavy (non-hydrogen) atoms. The Morgan fingerprint density at radius 3 is 2.47 bits per heavy atom. The minimum absolute atomic E-state index is 0. The molecular weight excluding hydrogens is 353 g/mol. The molecule has 1 unspecified atom stereocenters. The van der Waals surface area contributed by atoms with E-state index in [0.29, 0.717) is 17.4 Å². The molecular formula is C14H28IN3O. The van der Waals surface area contributed by atoms with Crippen LogP contribution in [0.5, 0.6) is 0 Å². The van der Waals surface area contributed by atoms with Gasteiger partial charge in [0.1, 0.15) is 0 Å². The van der Waals surface area contributed by atoms with Crippen LogP contribution >= 0.6 is 24.0 Å². The summed E-state index contributed by atoms with van der Waals surface area (Å²) in [5, 5.41) is 6.87. The van der Waals surface area contributed by atoms with Gasteiger partial charge in [0.25, 0.3) is 0 Å². The van der Waals surface area contributed by atoms with Crippen molar-refractivity contribution in [2.45, 2.75) is 46.1 Å². The summed E-state index contributed by atoms with van der Waals surface area (Å²) in [7, 11) is 0. The summed E-state index contributed by atoms with van der Waals surface area (Å²) < 4.78 is 5.38. The van der Waals surface area contributed by atoms with E-state index in [4.69, 9.17) is 9.73 Å². The van der Waals surface area contributed by atoms with Gasteiger partial charge >= 0.3 is 0 Å². The lowest BCUT2D eigenvalue weighted by Gasteiger charge is -2.21. The van der Waals surface area contributed by atoms with Gasteiger partial charge < -0.3 is 15.4 Å². The van der Waals surface area contributed by atoms with Crippen molar-refractivity contribution in [1.82, 2.24) is 10.6 Å². The first-order valence-electron chi connectivity index (χ1n) is 7.24. The van der Waals surface area contributed by atoms with Crippen LogP contribution in [0.3, 0.4) is 0 Å². The van der Waals surface area contributed by atoms with Crippen LogP contribution in [0.15, 0.2) is 4.99 Å². The molecule has 1 saturated carbocycles. The molecule has 1 saturated heterocycles. The fraction of sp³-hybridized carbons (Fsp3) is 0.929. The van der Waals surface area contributed by atoms with E-state index in [2.05, 4.69) is 31.4 Å². The van der Waals surface area contributed by atoms with Gasteiger partial charge in [-0.05, 0) is 37.5 Å². The fourth-order valence-electron chi connectivity index (χ4n) is 2.35. The molecule has 0 aromatic carbocycles. The molecule has 4 nitrogen and oxygen atoms in total. The van der Waals surface area contributed by atoms with Gasteiger partial charge in [0, 0.05) is 32.3 Å². The van der Waals surface area contributed by atoms with E-state index in [0.717, 1.165) is 45.1 Å². The maximum atomic E-state index is 5.38. The van der Waals surface area contributed by atoms with Crippen molar-refractivity contribution < 1.29 is 4.74 Å². The van der Waals surface area contributed by atoms with Gasteiger partial charge in [-0.3, -0.25) is 4.99 Å². The van der Waals surface area contributed by atoms with Crippen LogP contribution in [-0.4, -0.2) is 38.3 Å². The van der Waals surface area contributed by atoms with E-state index in [9.17, 15) is 0 Å². The van der Waals surface area contributed by atoms with Crippen molar-refractivity contribution >= 4 is 29.9 Å². The highest BCUT2D eigenvalue weighted by molar-refractivity contribution is 14.0. The Morgan fingerprint density at radius 1 is 1.32 bits per heavy atom. The molecule has 5 heteroatoms. The van der Waals surface area contributed by atoms with Crippen molar-refractivity contribution in [3.05, 3.63) is 0 Å². The molecule has 2 fully saturated rings. The van der Waals surface area contributed by atoms with Crippen molar-refractivity contribution in [3.8, 4) is 0 Å². The van der Waals surface area contributed by atoms with Crippen LogP contribution in [0, 0.1) is 11.3 Å². The zero-order valence-corrected chi connectivity index (χ0v) is 14.7. The number of nitrogens with zero attached hydrogens (tertiary/aromatic N) is 1. The van der Waals surface area contributed by atoms with E-state index in [1.807, 2.05) is 0 Å². The van der Waals surface area contributed by atoms with Gasteiger partial charge in [0.05, 0.1) is 0 Å². The van der Waals surface area contributed by atoms with Crippen molar-refractivity contribution in [2.24, 2.45) is 16.3 Å². The second-order valence-corrected chi connectivity index (χ2v) is 6.17. The topological polar surface area (TPSA) is 45.7 Å². The molecule has 0 bridgehead atoms. The monoisotopic (exact) mass is 381 g/mol. The summed E-state index contributed by atoms with van der Waals surface area (Å²) in [6.07, 6.45) is 3.55. The van der Waals surface area contributed by atoms with Crippen molar-refractivity contribution in [1.29, 1.82) is 0 Å². The molecule has 0 spiro atoms. The highest BCUT2D eigenvalue weighted by Gasteiger charge is 2.46. The number of guanidine groups is 1. The summed E-state index contributed by atoms with van der Waals surface area (Å²) in [4.78, 5) is 4.72. The first-order valence-corrected chi connectivity index (χ1v) is 7.24. The lowest BCUT2D eigenvalue weighted by molar-refractivity contribution is 0.0689. The van der Waals surface area contributed by atoms with E-state index >= 15 is 0 Å². The number of aliphatic imine (C=N–C) groups is 1. The van der Waals surface area contributed by atoms with Gasteiger partial charge in [-0.25, -0.2) is 0 Å². The standard InChI is InChI=1S/C14H27N3O.HI/c1-4-15-13(17-12-9-14(12,2)3)16-10-11-5-7-18-8-6-11;/h11-12H,4-10H2,1-3H3,(H2,15,16,17);1H. The Hall–Kier alpha value is -0.0400. The molecule has 0 aromatic heterocycles. The second-order valence-electron chi connectivity index (χ2n) is 6.17. The van der Waals surface area contributed by atoms with Crippen LogP contribution < -0.4 is 10.6 Å². The Labute approximate surface area is 134 Å². The third kappa shape index (κ3) is 5.45. The quantitative estimate of drug-likeness (QED) is 0.447. The van der Waals surface area contributed by atoms with Crippen molar-refractivity contribution in [3.63, 3.8) is 0 Å². The normalized spacial score (nSPS) is 26.5. The lowest BCUT2D eigenvalue weighted by atomic mass is 10.0. The third-order valence-corrected chi connectivity index (χ3v) is 4.02. The van der Waals surface area contributed by atoms with E-state index < -0.39 is 0 Å². The molecule has 0 aromatic rings. The van der Waals surface area contributed by atoms with Crippen molar-refractivity contribution in [2.75, 3.05) is 26.3 Å². The summed E-state index contributed by atoms with van der Waals surface area (Å²) >= 11 is 0. The Bertz CT molecular complexity index is 301. The van der Waals surface area contributed by atoms with E-state index in [1.54, 1.807) is 0 Å². The van der Waals surface area contributed by atoms with Crippen LogP contribution in [-0.2, 0) is 4.74 Å². The molecule has 0 amide bonds. The second kappa shape index (κ2) is 7.67. The maximum Gasteiger partial charge on any atom is 0.191 e. The Balaban J connectivity index is 0.00000180. The number of nitrogens with one attached hydrogen (secondary N) is 2. The molecule has 1 atom stereocenters. The number of ether oxygens (including phenoxy) is 1. The Kier molecular flexibility index (Phi) is 6.86. The van der Waals surface area contributed by atoms with Gasteiger partial charge in [-0.1, -0.05) is 13.8 Å². The average Bonchev–Trinajstić information content (AvgIpc) is 2.95. The molecule has 112 valence electrons. The molecule has 1 heterocycles. The summed E-state index contributed by atoms with van der Waals surface area (Å²) in [6, 6.07) is 0.588. The summed E-state index contributed by atoms with van der Waals surface area (Å²) in [5.74, 6) is 1.68. The van der Waals surface area contributed by atoms with Crippen LogP contribution in [0.2, 0.25) is 0 Å². The maximum absolute atomic E-state index is 5.38. The van der Waals surface area contributed by atoms with E-state index in [1.165, 1.54) is 6.42 Å². The van der Waals surface area contributed by atoms with Crippen LogP contribution in [0.4, 0.5) is 0 Å². The molecule has 1 aliphatic heterocycles. The summed E-state index contributed by atoms with van der Waals surface area (Å²) in [6.45, 7) is 10.4. The highest BCUT2D eigenvalue weighted by Crippen LogP contribution is 2.44. The molecule has 1 aliphatic carbocycles. The van der Waals surface area contributed by atoms with Gasteiger partial charge in [0.15, 0.2) is 5.96 Å². The molecule has 2 N–H and O–H groups in total. The van der Waals surface area contributed by atoms with Gasteiger partial charge in [-0.15, -0.1) is 24.0 Å². The predicted molar refractivity (Wildman–Crippen MR) is 90.3 cm³/mol. The van der Waals surface area contributed by atoms with Gasteiger partial charge in [-0.2, -0.15) is 0 Å². The molecule has 2 aliphatic rings. The van der Waals surface area contributed by atoms with Gasteiger partial charge in [0.2, 0.25) is 0 Å². The number of hydrogen-bond donors (Lipinski definition) is 2. The fourth-order valence-corrected chi connectivity index (χ4v) is 2.35. The first-order chi connectivity index (χ1) is 8.62. The molecule has 2 rings (SSSR count). The first kappa shape index (κ1) is 17.0. The molecule has 0 radical (unpaired) electrons. The highest BCUT2D eigenvalue weighted by atomic mass is 127. The summed E-state index contributed by atoms with van der Waals surface area (Å²) in [5.41, 5.74) is 0.439. The van der Waals surface area contributed by atoms with Crippen LogP contribution in [0.25, 0.3) is 0 Å². The predicted octanol–water partition coefficient (Wildman–Crippen LogP) is 2.38. The largest absolute Gasteiger partial charge is 0.381 e. The average molecular weight is 381 g/mol. The minimum atomic E-state index is 0. The number of hydrogen-bond acceptors (Lipinski definition) is 2. The van der Waals surface area contributed by atoms with E-state index in [-0.39, 0.29) is 24.0 Å². The third-order valence-electron chi connectivity index (χ3n) is 4.02. The number of halogens is 1. The Morgan fingerprint density at radius 2 is 1.95 bits per heavy atom. The smallest absolute Gasteiger partial charge is 0.191 e. The van der Waals surface area contributed by atoms with Crippen LogP contribution in [0.1, 0.15) is 40.0 Å². The number of rotatable bonds is 4. The SMILES string of the molecule is CCNC(=NCC1CCOCC1)NC1CC1(C)C.I.